The van der Waals surface area contributed by atoms with Gasteiger partial charge in [0.15, 0.2) is 5.82 Å². The van der Waals surface area contributed by atoms with Gasteiger partial charge in [-0.3, -0.25) is 9.78 Å². The standard InChI is InChI=1S/C14H14N4O2/c19-14(11-3-1-2-6-15-11)18-7-10(8-18)13-16-12(17-20-13)9-4-5-9/h1-3,6,9-10H,4-5,7-8H2. The number of carbonyl (C=O) groups excluding carboxylic acids is 1. The Bertz CT molecular complexity index is 630. The smallest absolute Gasteiger partial charge is 0.272 e. The summed E-state index contributed by atoms with van der Waals surface area (Å²) in [6.45, 7) is 1.25. The van der Waals surface area contributed by atoms with Gasteiger partial charge in [0, 0.05) is 25.2 Å². The van der Waals surface area contributed by atoms with Crippen LogP contribution in [-0.2, 0) is 0 Å². The second-order valence-electron chi connectivity index (χ2n) is 5.39. The van der Waals surface area contributed by atoms with Gasteiger partial charge in [-0.1, -0.05) is 11.2 Å². The van der Waals surface area contributed by atoms with Gasteiger partial charge in [-0.15, -0.1) is 0 Å². The molecule has 0 radical (unpaired) electrons. The Hall–Kier alpha value is -2.24. The molecule has 0 N–H and O–H groups in total. The zero-order valence-corrected chi connectivity index (χ0v) is 10.9. The third-order valence-electron chi connectivity index (χ3n) is 3.80. The molecule has 4 rings (SSSR count). The van der Waals surface area contributed by atoms with Crippen LogP contribution in [-0.4, -0.2) is 39.0 Å². The van der Waals surface area contributed by atoms with Gasteiger partial charge in [0.1, 0.15) is 5.69 Å². The van der Waals surface area contributed by atoms with Gasteiger partial charge < -0.3 is 9.42 Å². The summed E-state index contributed by atoms with van der Waals surface area (Å²) in [7, 11) is 0. The Morgan fingerprint density at radius 2 is 2.10 bits per heavy atom. The molecule has 2 aliphatic rings. The van der Waals surface area contributed by atoms with Crippen LogP contribution in [0.15, 0.2) is 28.9 Å². The lowest BCUT2D eigenvalue weighted by Crippen LogP contribution is -2.48. The first-order valence-corrected chi connectivity index (χ1v) is 6.85. The number of carbonyl (C=O) groups is 1. The van der Waals surface area contributed by atoms with Crippen molar-refractivity contribution in [3.8, 4) is 0 Å². The largest absolute Gasteiger partial charge is 0.339 e. The highest BCUT2D eigenvalue weighted by Crippen LogP contribution is 2.39. The highest BCUT2D eigenvalue weighted by Gasteiger charge is 2.37. The first kappa shape index (κ1) is 11.6. The molecule has 20 heavy (non-hydrogen) atoms. The Balaban J connectivity index is 1.40. The highest BCUT2D eigenvalue weighted by atomic mass is 16.5. The third kappa shape index (κ3) is 1.97. The predicted octanol–water partition coefficient (Wildman–Crippen LogP) is 1.58. The van der Waals surface area contributed by atoms with Crippen LogP contribution in [0.2, 0.25) is 0 Å². The van der Waals surface area contributed by atoms with Crippen molar-refractivity contribution in [2.45, 2.75) is 24.7 Å². The lowest BCUT2D eigenvalue weighted by Gasteiger charge is -2.36. The van der Waals surface area contributed by atoms with Gasteiger partial charge in [0.05, 0.1) is 5.92 Å². The maximum atomic E-state index is 12.1. The SMILES string of the molecule is O=C(c1ccccn1)N1CC(c2nc(C3CC3)no2)C1. The van der Waals surface area contributed by atoms with Gasteiger partial charge in [0.25, 0.3) is 5.91 Å². The summed E-state index contributed by atoms with van der Waals surface area (Å²) in [4.78, 5) is 22.4. The molecular weight excluding hydrogens is 256 g/mol. The molecule has 2 aromatic heterocycles. The van der Waals surface area contributed by atoms with Crippen molar-refractivity contribution in [2.75, 3.05) is 13.1 Å². The van der Waals surface area contributed by atoms with E-state index in [9.17, 15) is 4.79 Å². The number of hydrogen-bond donors (Lipinski definition) is 0. The second kappa shape index (κ2) is 4.40. The molecule has 0 bridgehead atoms. The van der Waals surface area contributed by atoms with Crippen molar-refractivity contribution in [1.82, 2.24) is 20.0 Å². The van der Waals surface area contributed by atoms with E-state index < -0.39 is 0 Å². The van der Waals surface area contributed by atoms with Crippen molar-refractivity contribution in [3.63, 3.8) is 0 Å². The number of nitrogens with zero attached hydrogens (tertiary/aromatic N) is 4. The summed E-state index contributed by atoms with van der Waals surface area (Å²) in [6, 6.07) is 5.35. The number of amides is 1. The second-order valence-corrected chi connectivity index (χ2v) is 5.39. The fourth-order valence-corrected chi connectivity index (χ4v) is 2.37. The van der Waals surface area contributed by atoms with Crippen LogP contribution in [0.4, 0.5) is 0 Å². The van der Waals surface area contributed by atoms with Crippen LogP contribution in [0.1, 0.15) is 46.9 Å². The minimum Gasteiger partial charge on any atom is -0.339 e. The fraction of sp³-hybridized carbons (Fsp3) is 0.429. The average Bonchev–Trinajstić information content (AvgIpc) is 3.18. The predicted molar refractivity (Wildman–Crippen MR) is 69.2 cm³/mol. The Labute approximate surface area is 115 Å². The van der Waals surface area contributed by atoms with Gasteiger partial charge in [0.2, 0.25) is 5.89 Å². The van der Waals surface area contributed by atoms with E-state index in [0.717, 1.165) is 18.7 Å². The summed E-state index contributed by atoms with van der Waals surface area (Å²) in [5.41, 5.74) is 0.482. The van der Waals surface area contributed by atoms with E-state index in [1.54, 1.807) is 23.2 Å². The van der Waals surface area contributed by atoms with E-state index in [-0.39, 0.29) is 11.8 Å². The maximum Gasteiger partial charge on any atom is 0.272 e. The Morgan fingerprint density at radius 3 is 2.80 bits per heavy atom. The van der Waals surface area contributed by atoms with E-state index in [4.69, 9.17) is 4.52 Å². The third-order valence-corrected chi connectivity index (χ3v) is 3.80. The monoisotopic (exact) mass is 270 g/mol. The lowest BCUT2D eigenvalue weighted by atomic mass is 9.99. The summed E-state index contributed by atoms with van der Waals surface area (Å²) < 4.78 is 5.29. The van der Waals surface area contributed by atoms with Crippen LogP contribution >= 0.6 is 0 Å². The molecule has 3 heterocycles. The van der Waals surface area contributed by atoms with E-state index >= 15 is 0 Å². The molecule has 2 aromatic rings. The van der Waals surface area contributed by atoms with Crippen LogP contribution in [0.5, 0.6) is 0 Å². The molecule has 6 nitrogen and oxygen atoms in total. The lowest BCUT2D eigenvalue weighted by molar-refractivity contribution is 0.0563. The first-order chi connectivity index (χ1) is 9.81. The van der Waals surface area contributed by atoms with Gasteiger partial charge in [-0.25, -0.2) is 0 Å². The molecule has 6 heteroatoms. The Morgan fingerprint density at radius 1 is 1.25 bits per heavy atom. The fourth-order valence-electron chi connectivity index (χ4n) is 2.37. The minimum atomic E-state index is -0.0382. The summed E-state index contributed by atoms with van der Waals surface area (Å²) in [5.74, 6) is 2.12. The van der Waals surface area contributed by atoms with Crippen molar-refractivity contribution in [3.05, 3.63) is 41.8 Å². The molecule has 102 valence electrons. The highest BCUT2D eigenvalue weighted by molar-refractivity contribution is 5.92. The van der Waals surface area contributed by atoms with Crippen molar-refractivity contribution in [2.24, 2.45) is 0 Å². The Kier molecular flexibility index (Phi) is 2.55. The van der Waals surface area contributed by atoms with Gasteiger partial charge in [-0.05, 0) is 25.0 Å². The van der Waals surface area contributed by atoms with Crippen molar-refractivity contribution < 1.29 is 9.32 Å². The van der Waals surface area contributed by atoms with Crippen molar-refractivity contribution >= 4 is 5.91 Å². The average molecular weight is 270 g/mol. The van der Waals surface area contributed by atoms with Crippen LogP contribution in [0, 0.1) is 0 Å². The zero-order valence-electron chi connectivity index (χ0n) is 10.9. The number of aromatic nitrogens is 3. The molecule has 0 atom stereocenters. The molecule has 1 amide bonds. The van der Waals surface area contributed by atoms with Crippen LogP contribution in [0.25, 0.3) is 0 Å². The molecule has 1 aliphatic heterocycles. The first-order valence-electron chi connectivity index (χ1n) is 6.85. The van der Waals surface area contributed by atoms with E-state index in [1.165, 1.54) is 0 Å². The molecule has 1 saturated carbocycles. The summed E-state index contributed by atoms with van der Waals surface area (Å²) in [6.07, 6.45) is 3.95. The van der Waals surface area contributed by atoms with Gasteiger partial charge in [-0.2, -0.15) is 4.98 Å². The molecule has 1 saturated heterocycles. The normalized spacial score (nSPS) is 18.9. The molecular formula is C14H14N4O2. The van der Waals surface area contributed by atoms with Crippen LogP contribution < -0.4 is 0 Å². The molecule has 0 aromatic carbocycles. The number of likely N-dealkylation sites (tertiary alicyclic amines) is 1. The topological polar surface area (TPSA) is 72.1 Å². The molecule has 0 unspecified atom stereocenters. The maximum absolute atomic E-state index is 12.1. The number of rotatable bonds is 3. The summed E-state index contributed by atoms with van der Waals surface area (Å²) >= 11 is 0. The van der Waals surface area contributed by atoms with Gasteiger partial charge >= 0.3 is 0 Å². The molecule has 0 spiro atoms. The minimum absolute atomic E-state index is 0.0382. The van der Waals surface area contributed by atoms with E-state index in [1.807, 2.05) is 6.07 Å². The van der Waals surface area contributed by atoms with E-state index in [2.05, 4.69) is 15.1 Å². The van der Waals surface area contributed by atoms with Crippen LogP contribution in [0.3, 0.4) is 0 Å². The quantitative estimate of drug-likeness (QED) is 0.846. The number of pyridine rings is 1. The number of hydrogen-bond acceptors (Lipinski definition) is 5. The van der Waals surface area contributed by atoms with Crippen molar-refractivity contribution in [1.29, 1.82) is 0 Å². The molecule has 2 fully saturated rings. The summed E-state index contributed by atoms with van der Waals surface area (Å²) in [5, 5.41) is 4.01. The van der Waals surface area contributed by atoms with E-state index in [0.29, 0.717) is 30.6 Å². The molecule has 1 aliphatic carbocycles. The zero-order chi connectivity index (χ0) is 13.5.